The van der Waals surface area contributed by atoms with E-state index in [0.29, 0.717) is 0 Å². The standard InChI is InChI=1S/C27H34FN3/c1-20-7-10-23-6-3-15-31-26(29-25(18-20)27(23)31)19-30-16-13-22(14-17-30)5-2-4-21-8-11-24(28)12-9-21/h8-12,18,22H,2-7,13-17,19H2,1H3. The number of rotatable bonds is 6. The second-order valence-electron chi connectivity index (χ2n) is 9.68. The number of aromatic nitrogens is 2. The zero-order valence-electron chi connectivity index (χ0n) is 18.7. The number of hydrogen-bond donors (Lipinski definition) is 0. The molecular weight excluding hydrogens is 385 g/mol. The van der Waals surface area contributed by atoms with Crippen molar-refractivity contribution in [2.45, 2.75) is 71.4 Å². The Balaban J connectivity index is 1.15. The third-order valence-corrected chi connectivity index (χ3v) is 7.32. The smallest absolute Gasteiger partial charge is 0.124 e. The third-order valence-electron chi connectivity index (χ3n) is 7.32. The normalized spacial score (nSPS) is 19.5. The number of halogens is 1. The van der Waals surface area contributed by atoms with Gasteiger partial charge in [-0.25, -0.2) is 9.37 Å². The fourth-order valence-corrected chi connectivity index (χ4v) is 5.52. The van der Waals surface area contributed by atoms with Gasteiger partial charge in [-0.05, 0) is 100 Å². The summed E-state index contributed by atoms with van der Waals surface area (Å²) < 4.78 is 15.6. The van der Waals surface area contributed by atoms with E-state index in [-0.39, 0.29) is 5.82 Å². The van der Waals surface area contributed by atoms with Crippen LogP contribution in [0.5, 0.6) is 0 Å². The van der Waals surface area contributed by atoms with E-state index in [9.17, 15) is 4.39 Å². The highest BCUT2D eigenvalue weighted by molar-refractivity contribution is 5.74. The van der Waals surface area contributed by atoms with Crippen LogP contribution in [0.3, 0.4) is 0 Å². The Kier molecular flexibility index (Phi) is 6.08. The van der Waals surface area contributed by atoms with E-state index in [1.54, 1.807) is 12.1 Å². The maximum absolute atomic E-state index is 13.0. The second-order valence-corrected chi connectivity index (χ2v) is 9.68. The van der Waals surface area contributed by atoms with Crippen LogP contribution in [0.25, 0.3) is 11.6 Å². The zero-order valence-corrected chi connectivity index (χ0v) is 18.7. The van der Waals surface area contributed by atoms with E-state index in [1.807, 2.05) is 12.1 Å². The second kappa shape index (κ2) is 9.12. The SMILES string of the molecule is CC1=Cc2nc(CN3CCC(CCCc4ccc(F)cc4)CC3)n3c2C(=CC1)CCC3. The summed E-state index contributed by atoms with van der Waals surface area (Å²) in [7, 11) is 0. The third kappa shape index (κ3) is 4.69. The lowest BCUT2D eigenvalue weighted by atomic mass is 9.91. The van der Waals surface area contributed by atoms with Crippen molar-refractivity contribution in [3.8, 4) is 0 Å². The summed E-state index contributed by atoms with van der Waals surface area (Å²) in [5.41, 5.74) is 6.77. The van der Waals surface area contributed by atoms with Crippen LogP contribution in [-0.4, -0.2) is 27.5 Å². The van der Waals surface area contributed by atoms with Crippen LogP contribution >= 0.6 is 0 Å². The van der Waals surface area contributed by atoms with Gasteiger partial charge in [-0.3, -0.25) is 4.90 Å². The van der Waals surface area contributed by atoms with Crippen LogP contribution < -0.4 is 0 Å². The first-order valence-corrected chi connectivity index (χ1v) is 12.1. The summed E-state index contributed by atoms with van der Waals surface area (Å²) in [6, 6.07) is 7.00. The molecule has 2 aliphatic heterocycles. The summed E-state index contributed by atoms with van der Waals surface area (Å²) in [4.78, 5) is 7.71. The Morgan fingerprint density at radius 1 is 1.10 bits per heavy atom. The first-order chi connectivity index (χ1) is 15.2. The number of likely N-dealkylation sites (tertiary alicyclic amines) is 1. The highest BCUT2D eigenvalue weighted by Gasteiger charge is 2.26. The summed E-state index contributed by atoms with van der Waals surface area (Å²) in [5.74, 6) is 1.95. The molecule has 1 fully saturated rings. The van der Waals surface area contributed by atoms with Crippen LogP contribution in [0.1, 0.15) is 74.6 Å². The minimum Gasteiger partial charge on any atom is -0.327 e. The minimum atomic E-state index is -0.141. The quantitative estimate of drug-likeness (QED) is 0.552. The van der Waals surface area contributed by atoms with Crippen LogP contribution in [0, 0.1) is 11.7 Å². The molecule has 0 N–H and O–H groups in total. The summed E-state index contributed by atoms with van der Waals surface area (Å²) in [6.07, 6.45) is 14.3. The average molecular weight is 420 g/mol. The molecule has 0 saturated carbocycles. The molecule has 3 aliphatic rings. The van der Waals surface area contributed by atoms with E-state index in [4.69, 9.17) is 4.98 Å². The molecule has 4 heteroatoms. The van der Waals surface area contributed by atoms with Gasteiger partial charge in [0.25, 0.3) is 0 Å². The number of nitrogens with zero attached hydrogens (tertiary/aromatic N) is 3. The van der Waals surface area contributed by atoms with Gasteiger partial charge < -0.3 is 4.57 Å². The highest BCUT2D eigenvalue weighted by atomic mass is 19.1. The molecule has 164 valence electrons. The van der Waals surface area contributed by atoms with Crippen molar-refractivity contribution in [2.75, 3.05) is 13.1 Å². The van der Waals surface area contributed by atoms with Crippen molar-refractivity contribution in [3.05, 3.63) is 64.5 Å². The molecule has 1 aliphatic carbocycles. The van der Waals surface area contributed by atoms with Crippen LogP contribution in [0.4, 0.5) is 4.39 Å². The minimum absolute atomic E-state index is 0.141. The fraction of sp³-hybridized carbons (Fsp3) is 0.519. The topological polar surface area (TPSA) is 21.1 Å². The summed E-state index contributed by atoms with van der Waals surface area (Å²) in [6.45, 7) is 6.67. The first kappa shape index (κ1) is 20.7. The lowest BCUT2D eigenvalue weighted by Crippen LogP contribution is -2.34. The largest absolute Gasteiger partial charge is 0.327 e. The van der Waals surface area contributed by atoms with E-state index < -0.39 is 0 Å². The molecule has 1 aromatic heterocycles. The first-order valence-electron chi connectivity index (χ1n) is 12.1. The van der Waals surface area contributed by atoms with Gasteiger partial charge in [0.15, 0.2) is 0 Å². The lowest BCUT2D eigenvalue weighted by molar-refractivity contribution is 0.165. The van der Waals surface area contributed by atoms with Crippen molar-refractivity contribution >= 4 is 11.6 Å². The van der Waals surface area contributed by atoms with Gasteiger partial charge in [-0.2, -0.15) is 0 Å². The van der Waals surface area contributed by atoms with Crippen LogP contribution in [0.15, 0.2) is 35.9 Å². The predicted octanol–water partition coefficient (Wildman–Crippen LogP) is 6.24. The number of imidazole rings is 1. The number of benzene rings is 1. The van der Waals surface area contributed by atoms with Gasteiger partial charge in [0.1, 0.15) is 11.6 Å². The van der Waals surface area contributed by atoms with Gasteiger partial charge in [0.05, 0.1) is 17.9 Å². The fourth-order valence-electron chi connectivity index (χ4n) is 5.52. The number of piperidine rings is 1. The molecule has 0 amide bonds. The number of aryl methyl sites for hydroxylation is 1. The van der Waals surface area contributed by atoms with Crippen molar-refractivity contribution in [1.29, 1.82) is 0 Å². The van der Waals surface area contributed by atoms with Gasteiger partial charge in [0, 0.05) is 6.54 Å². The number of allylic oxidation sites excluding steroid dienone is 3. The predicted molar refractivity (Wildman–Crippen MR) is 125 cm³/mol. The van der Waals surface area contributed by atoms with Gasteiger partial charge in [-0.1, -0.05) is 30.2 Å². The van der Waals surface area contributed by atoms with Crippen molar-refractivity contribution in [1.82, 2.24) is 14.5 Å². The molecule has 2 aromatic rings. The van der Waals surface area contributed by atoms with Crippen molar-refractivity contribution in [2.24, 2.45) is 5.92 Å². The van der Waals surface area contributed by atoms with Gasteiger partial charge in [0.2, 0.25) is 0 Å². The molecule has 3 nitrogen and oxygen atoms in total. The zero-order chi connectivity index (χ0) is 21.2. The Bertz CT molecular complexity index is 975. The lowest BCUT2D eigenvalue weighted by Gasteiger charge is -2.32. The summed E-state index contributed by atoms with van der Waals surface area (Å²) in [5, 5.41) is 0. The maximum atomic E-state index is 13.0. The average Bonchev–Trinajstić information content (AvgIpc) is 3.03. The Hall–Kier alpha value is -2.20. The van der Waals surface area contributed by atoms with E-state index >= 15 is 0 Å². The molecule has 1 saturated heterocycles. The Morgan fingerprint density at radius 3 is 2.71 bits per heavy atom. The molecule has 3 heterocycles. The molecule has 0 atom stereocenters. The molecule has 1 aromatic carbocycles. The highest BCUT2D eigenvalue weighted by Crippen LogP contribution is 2.35. The van der Waals surface area contributed by atoms with Gasteiger partial charge >= 0.3 is 0 Å². The van der Waals surface area contributed by atoms with Crippen LogP contribution in [0.2, 0.25) is 0 Å². The molecule has 0 spiro atoms. The van der Waals surface area contributed by atoms with Gasteiger partial charge in [-0.15, -0.1) is 0 Å². The van der Waals surface area contributed by atoms with E-state index in [1.165, 1.54) is 85.5 Å². The molecule has 0 bridgehead atoms. The molecule has 5 rings (SSSR count). The van der Waals surface area contributed by atoms with Crippen molar-refractivity contribution in [3.63, 3.8) is 0 Å². The Labute approximate surface area is 185 Å². The molecular formula is C27H34FN3. The molecule has 0 radical (unpaired) electrons. The van der Waals surface area contributed by atoms with E-state index in [2.05, 4.69) is 28.5 Å². The van der Waals surface area contributed by atoms with Crippen LogP contribution in [-0.2, 0) is 19.5 Å². The van der Waals surface area contributed by atoms with Crippen molar-refractivity contribution < 1.29 is 4.39 Å². The van der Waals surface area contributed by atoms with E-state index in [0.717, 1.165) is 31.8 Å². The molecule has 31 heavy (non-hydrogen) atoms. The number of hydrogen-bond acceptors (Lipinski definition) is 2. The Morgan fingerprint density at radius 2 is 1.90 bits per heavy atom. The summed E-state index contributed by atoms with van der Waals surface area (Å²) >= 11 is 0. The molecule has 0 unspecified atom stereocenters. The maximum Gasteiger partial charge on any atom is 0.124 e. The monoisotopic (exact) mass is 419 g/mol.